The number of aromatic amines is 1. The maximum absolute atomic E-state index is 14.1. The second kappa shape index (κ2) is 7.63. The van der Waals surface area contributed by atoms with Gasteiger partial charge in [-0.2, -0.15) is 0 Å². The Bertz CT molecular complexity index is 1490. The van der Waals surface area contributed by atoms with Crippen LogP contribution in [0.3, 0.4) is 0 Å². The molecule has 2 atom stereocenters. The zero-order valence-corrected chi connectivity index (χ0v) is 19.7. The van der Waals surface area contributed by atoms with Crippen LogP contribution < -0.4 is 14.4 Å². The summed E-state index contributed by atoms with van der Waals surface area (Å²) in [5, 5.41) is 1.04. The lowest BCUT2D eigenvalue weighted by atomic mass is 9.78. The molecule has 2 aliphatic heterocycles. The van der Waals surface area contributed by atoms with Crippen LogP contribution in [0.2, 0.25) is 0 Å². The molecule has 1 fully saturated rings. The molecule has 7 heteroatoms. The minimum atomic E-state index is -1.19. The van der Waals surface area contributed by atoms with Crippen molar-refractivity contribution in [1.82, 2.24) is 9.88 Å². The number of hydrogen-bond acceptors (Lipinski definition) is 4. The highest BCUT2D eigenvalue weighted by Gasteiger charge is 2.61. The highest BCUT2D eigenvalue weighted by atomic mass is 16.5. The average Bonchev–Trinajstić information content (AvgIpc) is 3.38. The number of urea groups is 1. The Morgan fingerprint density at radius 3 is 2.31 bits per heavy atom. The molecule has 6 rings (SSSR count). The second-order valence-corrected chi connectivity index (χ2v) is 9.03. The number of carbonyl (C=O) groups excluding carboxylic acids is 2. The van der Waals surface area contributed by atoms with Gasteiger partial charge >= 0.3 is 6.03 Å². The lowest BCUT2D eigenvalue weighted by Gasteiger charge is -2.40. The summed E-state index contributed by atoms with van der Waals surface area (Å²) < 4.78 is 11.2. The second-order valence-electron chi connectivity index (χ2n) is 9.03. The molecule has 0 aliphatic carbocycles. The van der Waals surface area contributed by atoms with Crippen LogP contribution >= 0.6 is 0 Å². The number of carbonyl (C=O) groups is 2. The summed E-state index contributed by atoms with van der Waals surface area (Å²) in [7, 11) is 3.18. The maximum Gasteiger partial charge on any atom is 0.332 e. The van der Waals surface area contributed by atoms with Crippen molar-refractivity contribution in [3.63, 3.8) is 0 Å². The van der Waals surface area contributed by atoms with Gasteiger partial charge in [0.2, 0.25) is 0 Å². The summed E-state index contributed by atoms with van der Waals surface area (Å²) in [5.74, 6) is 0.728. The van der Waals surface area contributed by atoms with Crippen LogP contribution in [-0.2, 0) is 10.3 Å². The first-order valence-corrected chi connectivity index (χ1v) is 11.5. The molecule has 3 aromatic carbocycles. The Kier molecular flexibility index (Phi) is 4.64. The van der Waals surface area contributed by atoms with E-state index in [4.69, 9.17) is 9.47 Å². The lowest BCUT2D eigenvalue weighted by Crippen LogP contribution is -2.50. The smallest absolute Gasteiger partial charge is 0.332 e. The van der Waals surface area contributed by atoms with Crippen molar-refractivity contribution in [2.24, 2.45) is 0 Å². The molecule has 0 unspecified atom stereocenters. The molecule has 4 aromatic rings. The van der Waals surface area contributed by atoms with Gasteiger partial charge in [-0.3, -0.25) is 4.79 Å². The van der Waals surface area contributed by atoms with E-state index in [-0.39, 0.29) is 17.9 Å². The first-order valence-electron chi connectivity index (χ1n) is 11.5. The Morgan fingerprint density at radius 2 is 1.54 bits per heavy atom. The average molecular weight is 468 g/mol. The first kappa shape index (κ1) is 21.3. The van der Waals surface area contributed by atoms with Gasteiger partial charge in [0, 0.05) is 28.9 Å². The molecule has 0 radical (unpaired) electrons. The number of nitrogens with zero attached hydrogens (tertiary/aromatic N) is 2. The first-order chi connectivity index (χ1) is 17.0. The number of H-pyrrole nitrogens is 1. The number of rotatable bonds is 4. The SMILES string of the molecule is COc1ccccc1[C@H]1CN2C(=O)N(c3ccccc3OC)C(=O)[C@]2(C)c2[nH]c3ccccc3c21. The molecule has 7 nitrogen and oxygen atoms in total. The Morgan fingerprint density at radius 1 is 0.886 bits per heavy atom. The van der Waals surface area contributed by atoms with Crippen molar-refractivity contribution in [2.45, 2.75) is 18.4 Å². The molecule has 35 heavy (non-hydrogen) atoms. The number of nitrogens with one attached hydrogen (secondary N) is 1. The minimum Gasteiger partial charge on any atom is -0.496 e. The van der Waals surface area contributed by atoms with Gasteiger partial charge in [-0.05, 0) is 36.8 Å². The fourth-order valence-corrected chi connectivity index (χ4v) is 5.65. The van der Waals surface area contributed by atoms with E-state index in [1.54, 1.807) is 30.2 Å². The molecule has 0 bridgehead atoms. The Balaban J connectivity index is 1.60. The van der Waals surface area contributed by atoms with Crippen LogP contribution in [0.5, 0.6) is 11.5 Å². The van der Waals surface area contributed by atoms with Crippen molar-refractivity contribution in [1.29, 1.82) is 0 Å². The van der Waals surface area contributed by atoms with E-state index in [0.29, 0.717) is 18.0 Å². The number of aromatic nitrogens is 1. The molecule has 1 saturated heterocycles. The topological polar surface area (TPSA) is 74.9 Å². The number of hydrogen-bond donors (Lipinski definition) is 1. The zero-order chi connectivity index (χ0) is 24.3. The van der Waals surface area contributed by atoms with Crippen LogP contribution in [0.4, 0.5) is 10.5 Å². The molecular formula is C28H25N3O4. The molecule has 0 saturated carbocycles. The summed E-state index contributed by atoms with van der Waals surface area (Å²) in [6.07, 6.45) is 0. The van der Waals surface area contributed by atoms with E-state index in [0.717, 1.165) is 33.5 Å². The van der Waals surface area contributed by atoms with E-state index < -0.39 is 5.54 Å². The monoisotopic (exact) mass is 467 g/mol. The fraction of sp³-hybridized carbons (Fsp3) is 0.214. The zero-order valence-electron chi connectivity index (χ0n) is 19.7. The molecule has 176 valence electrons. The van der Waals surface area contributed by atoms with Gasteiger partial charge in [-0.15, -0.1) is 0 Å². The van der Waals surface area contributed by atoms with Crippen LogP contribution in [0.25, 0.3) is 10.9 Å². The van der Waals surface area contributed by atoms with Gasteiger partial charge in [-0.1, -0.05) is 48.5 Å². The number of fused-ring (bicyclic) bond motifs is 5. The summed E-state index contributed by atoms with van der Waals surface area (Å²) in [6, 6.07) is 22.6. The number of methoxy groups -OCH3 is 2. The standard InChI is InChI=1S/C28H25N3O4/c1-28-25-24(18-11-4-6-12-20(18)29-25)19(17-10-5-8-14-22(17)34-2)16-30(28)27(33)31(26(28)32)21-13-7-9-15-23(21)35-3/h4-15,19,29H,16H2,1-3H3/t19-,28+/m1/s1. The van der Waals surface area contributed by atoms with Crippen LogP contribution in [0.15, 0.2) is 72.8 Å². The highest BCUT2D eigenvalue weighted by Crippen LogP contribution is 2.52. The van der Waals surface area contributed by atoms with Gasteiger partial charge in [0.05, 0.1) is 25.6 Å². The normalized spacial score (nSPS) is 21.3. The fourth-order valence-electron chi connectivity index (χ4n) is 5.65. The number of para-hydroxylation sites is 4. The predicted molar refractivity (Wildman–Crippen MR) is 133 cm³/mol. The largest absolute Gasteiger partial charge is 0.496 e. The van der Waals surface area contributed by atoms with Gasteiger partial charge in [0.15, 0.2) is 5.54 Å². The Hall–Kier alpha value is -4.26. The third kappa shape index (κ3) is 2.78. The highest BCUT2D eigenvalue weighted by molar-refractivity contribution is 6.24. The van der Waals surface area contributed by atoms with Gasteiger partial charge in [-0.25, -0.2) is 9.69 Å². The number of benzene rings is 3. The van der Waals surface area contributed by atoms with E-state index >= 15 is 0 Å². The molecule has 1 aromatic heterocycles. The van der Waals surface area contributed by atoms with E-state index in [9.17, 15) is 9.59 Å². The van der Waals surface area contributed by atoms with Crippen molar-refractivity contribution in [2.75, 3.05) is 25.7 Å². The molecule has 0 spiro atoms. The van der Waals surface area contributed by atoms with Crippen molar-refractivity contribution in [3.8, 4) is 11.5 Å². The van der Waals surface area contributed by atoms with Crippen molar-refractivity contribution >= 4 is 28.5 Å². The van der Waals surface area contributed by atoms with Gasteiger partial charge in [0.1, 0.15) is 11.5 Å². The lowest BCUT2D eigenvalue weighted by molar-refractivity contribution is -0.125. The number of imide groups is 1. The summed E-state index contributed by atoms with van der Waals surface area (Å²) in [5.41, 5.74) is 2.90. The van der Waals surface area contributed by atoms with Gasteiger partial charge in [0.25, 0.3) is 5.91 Å². The third-order valence-corrected chi connectivity index (χ3v) is 7.37. The third-order valence-electron chi connectivity index (χ3n) is 7.37. The summed E-state index contributed by atoms with van der Waals surface area (Å²) in [6.45, 7) is 2.16. The quantitative estimate of drug-likeness (QED) is 0.428. The molecule has 3 amide bonds. The van der Waals surface area contributed by atoms with Gasteiger partial charge < -0.3 is 19.4 Å². The van der Waals surface area contributed by atoms with Crippen molar-refractivity contribution in [3.05, 3.63) is 89.6 Å². The van der Waals surface area contributed by atoms with E-state index in [2.05, 4.69) is 11.1 Å². The van der Waals surface area contributed by atoms with Crippen LogP contribution in [-0.4, -0.2) is 42.6 Å². The number of anilines is 1. The number of amides is 3. The van der Waals surface area contributed by atoms with Crippen LogP contribution in [0.1, 0.15) is 29.7 Å². The molecule has 1 N–H and O–H groups in total. The maximum atomic E-state index is 14.1. The van der Waals surface area contributed by atoms with E-state index in [1.807, 2.05) is 55.5 Å². The summed E-state index contributed by atoms with van der Waals surface area (Å²) in [4.78, 5) is 34.4. The van der Waals surface area contributed by atoms with Crippen molar-refractivity contribution < 1.29 is 19.1 Å². The minimum absolute atomic E-state index is 0.181. The Labute approximate surface area is 202 Å². The molecule has 3 heterocycles. The molecule has 2 aliphatic rings. The predicted octanol–water partition coefficient (Wildman–Crippen LogP) is 5.01. The van der Waals surface area contributed by atoms with Crippen LogP contribution in [0, 0.1) is 0 Å². The van der Waals surface area contributed by atoms with E-state index in [1.165, 1.54) is 12.0 Å². The number of ether oxygens (including phenoxy) is 2. The molecular weight excluding hydrogens is 442 g/mol. The summed E-state index contributed by atoms with van der Waals surface area (Å²) >= 11 is 0.